The molecule has 0 atom stereocenters. The number of nitro benzene ring substituents is 1. The van der Waals surface area contributed by atoms with Gasteiger partial charge in [0.1, 0.15) is 0 Å². The third-order valence-electron chi connectivity index (χ3n) is 3.09. The number of hydrogen-bond donors (Lipinski definition) is 0. The van der Waals surface area contributed by atoms with Crippen LogP contribution in [0.5, 0.6) is 0 Å². The molecule has 22 heavy (non-hydrogen) atoms. The van der Waals surface area contributed by atoms with Gasteiger partial charge in [-0.15, -0.1) is 5.10 Å². The summed E-state index contributed by atoms with van der Waals surface area (Å²) >= 11 is 0. The highest BCUT2D eigenvalue weighted by atomic mass is 16.6. The van der Waals surface area contributed by atoms with Gasteiger partial charge in [0.05, 0.1) is 10.6 Å². The third kappa shape index (κ3) is 2.64. The SMILES string of the molecule is O=C1COC(c2ccc([N+](=O)[O-])cc2)=NN1c1ccccc1. The average Bonchev–Trinajstić information content (AvgIpc) is 2.56. The van der Waals surface area contributed by atoms with Crippen molar-refractivity contribution in [2.75, 3.05) is 11.6 Å². The Morgan fingerprint density at radius 3 is 2.41 bits per heavy atom. The van der Waals surface area contributed by atoms with Crippen molar-refractivity contribution < 1.29 is 14.5 Å². The number of hydrogen-bond acceptors (Lipinski definition) is 5. The van der Waals surface area contributed by atoms with Gasteiger partial charge in [-0.3, -0.25) is 14.9 Å². The van der Waals surface area contributed by atoms with E-state index in [0.717, 1.165) is 0 Å². The first kappa shape index (κ1) is 13.7. The predicted octanol–water partition coefficient (Wildman–Crippen LogP) is 2.32. The molecule has 0 spiro atoms. The van der Waals surface area contributed by atoms with Crippen molar-refractivity contribution in [3.8, 4) is 0 Å². The van der Waals surface area contributed by atoms with E-state index in [2.05, 4.69) is 5.10 Å². The van der Waals surface area contributed by atoms with E-state index in [-0.39, 0.29) is 24.1 Å². The minimum absolute atomic E-state index is 0.0175. The maximum atomic E-state index is 11.9. The number of non-ortho nitro benzene ring substituents is 1. The molecule has 0 unspecified atom stereocenters. The first-order chi connectivity index (χ1) is 10.6. The molecule has 110 valence electrons. The monoisotopic (exact) mass is 297 g/mol. The summed E-state index contributed by atoms with van der Waals surface area (Å²) < 4.78 is 5.32. The standard InChI is InChI=1S/C15H11N3O4/c19-14-10-22-15(11-6-8-13(9-7-11)18(20)21)16-17(14)12-4-2-1-3-5-12/h1-9H,10H2. The Morgan fingerprint density at radius 2 is 1.77 bits per heavy atom. The van der Waals surface area contributed by atoms with Gasteiger partial charge in [0.25, 0.3) is 11.6 Å². The largest absolute Gasteiger partial charge is 0.466 e. The van der Waals surface area contributed by atoms with E-state index >= 15 is 0 Å². The Labute approximate surface area is 125 Å². The summed E-state index contributed by atoms with van der Waals surface area (Å²) in [5, 5.41) is 16.1. The van der Waals surface area contributed by atoms with Crippen molar-refractivity contribution in [2.24, 2.45) is 5.10 Å². The number of hydrazone groups is 1. The Kier molecular flexibility index (Phi) is 3.53. The van der Waals surface area contributed by atoms with Crippen LogP contribution in [-0.2, 0) is 9.53 Å². The fourth-order valence-electron chi connectivity index (χ4n) is 2.00. The zero-order valence-corrected chi connectivity index (χ0v) is 11.4. The number of anilines is 1. The normalized spacial score (nSPS) is 14.3. The molecule has 0 saturated carbocycles. The van der Waals surface area contributed by atoms with Crippen molar-refractivity contribution in [3.05, 3.63) is 70.3 Å². The first-order valence-electron chi connectivity index (χ1n) is 6.49. The van der Waals surface area contributed by atoms with Crippen LogP contribution in [-0.4, -0.2) is 23.3 Å². The first-order valence-corrected chi connectivity index (χ1v) is 6.49. The van der Waals surface area contributed by atoms with Crippen molar-refractivity contribution in [3.63, 3.8) is 0 Å². The zero-order valence-electron chi connectivity index (χ0n) is 11.4. The van der Waals surface area contributed by atoms with Crippen LogP contribution in [0.2, 0.25) is 0 Å². The van der Waals surface area contributed by atoms with Crippen LogP contribution < -0.4 is 5.01 Å². The van der Waals surface area contributed by atoms with E-state index in [1.54, 1.807) is 24.3 Å². The highest BCUT2D eigenvalue weighted by Crippen LogP contribution is 2.20. The predicted molar refractivity (Wildman–Crippen MR) is 79.5 cm³/mol. The molecule has 0 aliphatic carbocycles. The number of rotatable bonds is 3. The number of benzene rings is 2. The molecule has 0 radical (unpaired) electrons. The molecule has 3 rings (SSSR count). The lowest BCUT2D eigenvalue weighted by Gasteiger charge is -2.23. The minimum atomic E-state index is -0.479. The molecule has 7 nitrogen and oxygen atoms in total. The number of ether oxygens (including phenoxy) is 1. The summed E-state index contributed by atoms with van der Waals surface area (Å²) in [7, 11) is 0. The Balaban J connectivity index is 1.93. The van der Waals surface area contributed by atoms with Crippen molar-refractivity contribution in [1.29, 1.82) is 0 Å². The fraction of sp³-hybridized carbons (Fsp3) is 0.0667. The lowest BCUT2D eigenvalue weighted by molar-refractivity contribution is -0.384. The maximum Gasteiger partial charge on any atom is 0.285 e. The average molecular weight is 297 g/mol. The molecule has 0 fully saturated rings. The smallest absolute Gasteiger partial charge is 0.285 e. The van der Waals surface area contributed by atoms with Crippen molar-refractivity contribution >= 4 is 23.2 Å². The van der Waals surface area contributed by atoms with Gasteiger partial charge in [0.15, 0.2) is 6.61 Å². The van der Waals surface area contributed by atoms with Crippen LogP contribution in [0.3, 0.4) is 0 Å². The number of nitrogens with zero attached hydrogens (tertiary/aromatic N) is 3. The van der Waals surface area contributed by atoms with Gasteiger partial charge < -0.3 is 4.74 Å². The van der Waals surface area contributed by atoms with Crippen LogP contribution in [0, 0.1) is 10.1 Å². The molecule has 0 saturated heterocycles. The van der Waals surface area contributed by atoms with E-state index in [1.165, 1.54) is 29.3 Å². The van der Waals surface area contributed by atoms with Crippen LogP contribution in [0.1, 0.15) is 5.56 Å². The highest BCUT2D eigenvalue weighted by Gasteiger charge is 2.24. The van der Waals surface area contributed by atoms with E-state index in [0.29, 0.717) is 11.3 Å². The molecular weight excluding hydrogens is 286 g/mol. The quantitative estimate of drug-likeness (QED) is 0.642. The van der Waals surface area contributed by atoms with E-state index in [4.69, 9.17) is 4.74 Å². The van der Waals surface area contributed by atoms with E-state index in [9.17, 15) is 14.9 Å². The van der Waals surface area contributed by atoms with Gasteiger partial charge >= 0.3 is 0 Å². The molecular formula is C15H11N3O4. The summed E-state index contributed by atoms with van der Waals surface area (Å²) in [5.74, 6) is -0.0322. The van der Waals surface area contributed by atoms with Crippen molar-refractivity contribution in [2.45, 2.75) is 0 Å². The van der Waals surface area contributed by atoms with Gasteiger partial charge in [-0.1, -0.05) is 18.2 Å². The second kappa shape index (κ2) is 5.65. The third-order valence-corrected chi connectivity index (χ3v) is 3.09. The second-order valence-electron chi connectivity index (χ2n) is 4.54. The topological polar surface area (TPSA) is 85.0 Å². The number of carbonyl (C=O) groups excluding carboxylic acids is 1. The maximum absolute atomic E-state index is 11.9. The molecule has 0 aromatic heterocycles. The lowest BCUT2D eigenvalue weighted by atomic mass is 10.2. The van der Waals surface area contributed by atoms with Gasteiger partial charge in [-0.05, 0) is 24.3 Å². The van der Waals surface area contributed by atoms with E-state index < -0.39 is 4.92 Å². The Morgan fingerprint density at radius 1 is 1.09 bits per heavy atom. The summed E-state index contributed by atoms with van der Waals surface area (Å²) in [6.07, 6.45) is 0. The highest BCUT2D eigenvalue weighted by molar-refractivity contribution is 6.04. The molecule has 0 N–H and O–H groups in total. The fourth-order valence-corrected chi connectivity index (χ4v) is 2.00. The van der Waals surface area contributed by atoms with E-state index in [1.807, 2.05) is 6.07 Å². The molecule has 1 heterocycles. The minimum Gasteiger partial charge on any atom is -0.466 e. The number of carbonyl (C=O) groups is 1. The molecule has 1 amide bonds. The Hall–Kier alpha value is -3.22. The molecule has 1 aliphatic rings. The molecule has 2 aromatic rings. The van der Waals surface area contributed by atoms with Crippen LogP contribution >= 0.6 is 0 Å². The Bertz CT molecular complexity index is 741. The summed E-state index contributed by atoms with van der Waals surface area (Å²) in [4.78, 5) is 22.1. The molecule has 7 heteroatoms. The van der Waals surface area contributed by atoms with Gasteiger partial charge in [-0.2, -0.15) is 5.01 Å². The number of nitro groups is 1. The van der Waals surface area contributed by atoms with Crippen LogP contribution in [0.4, 0.5) is 11.4 Å². The molecule has 1 aliphatic heterocycles. The second-order valence-corrected chi connectivity index (χ2v) is 4.54. The van der Waals surface area contributed by atoms with Crippen molar-refractivity contribution in [1.82, 2.24) is 0 Å². The summed E-state index contributed by atoms with van der Waals surface area (Å²) in [6.45, 7) is -0.134. The molecule has 0 bridgehead atoms. The van der Waals surface area contributed by atoms with Crippen LogP contribution in [0.25, 0.3) is 0 Å². The van der Waals surface area contributed by atoms with Gasteiger partial charge in [-0.25, -0.2) is 0 Å². The zero-order chi connectivity index (χ0) is 15.5. The summed E-state index contributed by atoms with van der Waals surface area (Å²) in [6, 6.07) is 14.8. The van der Waals surface area contributed by atoms with Crippen LogP contribution in [0.15, 0.2) is 59.7 Å². The summed E-state index contributed by atoms with van der Waals surface area (Å²) in [5.41, 5.74) is 1.19. The van der Waals surface area contributed by atoms with Gasteiger partial charge in [0.2, 0.25) is 5.90 Å². The number of para-hydroxylation sites is 1. The van der Waals surface area contributed by atoms with Gasteiger partial charge in [0, 0.05) is 17.7 Å². The molecule has 2 aromatic carbocycles. The number of amides is 1. The lowest BCUT2D eigenvalue weighted by Crippen LogP contribution is -2.36.